The van der Waals surface area contributed by atoms with Crippen molar-refractivity contribution in [3.8, 4) is 5.75 Å². The molecule has 0 saturated heterocycles. The van der Waals surface area contributed by atoms with Crippen molar-refractivity contribution in [2.75, 3.05) is 11.4 Å². The van der Waals surface area contributed by atoms with Crippen LogP contribution in [0, 0.1) is 5.41 Å². The van der Waals surface area contributed by atoms with Gasteiger partial charge >= 0.3 is 0 Å². The first-order valence-electron chi connectivity index (χ1n) is 7.48. The maximum atomic E-state index is 12.5. The Morgan fingerprint density at radius 3 is 2.48 bits per heavy atom. The number of nitrogens with zero attached hydrogens (tertiary/aromatic N) is 1. The first kappa shape index (κ1) is 15.8. The van der Waals surface area contributed by atoms with Crippen LogP contribution in [-0.4, -0.2) is 18.1 Å². The summed E-state index contributed by atoms with van der Waals surface area (Å²) in [7, 11) is 0. The summed E-state index contributed by atoms with van der Waals surface area (Å²) in [5, 5.41) is 0. The molecule has 1 aromatic carbocycles. The van der Waals surface area contributed by atoms with Crippen molar-refractivity contribution >= 4 is 11.6 Å². The zero-order valence-electron chi connectivity index (χ0n) is 13.9. The van der Waals surface area contributed by atoms with E-state index in [4.69, 9.17) is 10.5 Å². The predicted octanol–water partition coefficient (Wildman–Crippen LogP) is 3.26. The Morgan fingerprint density at radius 2 is 1.95 bits per heavy atom. The summed E-state index contributed by atoms with van der Waals surface area (Å²) in [6.07, 6.45) is 0. The number of hydrogen-bond acceptors (Lipinski definition) is 3. The number of rotatable bonds is 2. The van der Waals surface area contributed by atoms with Gasteiger partial charge in [0.1, 0.15) is 5.75 Å². The van der Waals surface area contributed by atoms with E-state index in [0.717, 1.165) is 17.0 Å². The normalized spacial score (nSPS) is 19.0. The molecule has 4 nitrogen and oxygen atoms in total. The Labute approximate surface area is 127 Å². The summed E-state index contributed by atoms with van der Waals surface area (Å²) < 4.78 is 5.85. The Balaban J connectivity index is 2.49. The molecule has 2 N–H and O–H groups in total. The van der Waals surface area contributed by atoms with Crippen LogP contribution in [0.4, 0.5) is 5.69 Å². The maximum absolute atomic E-state index is 12.5. The highest BCUT2D eigenvalue weighted by Gasteiger charge is 2.40. The van der Waals surface area contributed by atoms with Gasteiger partial charge in [-0.1, -0.05) is 26.8 Å². The monoisotopic (exact) mass is 290 g/mol. The van der Waals surface area contributed by atoms with Gasteiger partial charge in [-0.25, -0.2) is 0 Å². The zero-order chi connectivity index (χ0) is 16.0. The SMILES string of the molecule is CCN1C(=O)C(C)(C)Oc2ccc(C(N)C(C)(C)C)cc21. The lowest BCUT2D eigenvalue weighted by Gasteiger charge is -2.39. The van der Waals surface area contributed by atoms with Crippen LogP contribution in [0.3, 0.4) is 0 Å². The molecule has 1 atom stereocenters. The Bertz CT molecular complexity index is 558. The van der Waals surface area contributed by atoms with Gasteiger partial charge in [-0.05, 0) is 43.9 Å². The van der Waals surface area contributed by atoms with Crippen LogP contribution >= 0.6 is 0 Å². The standard InChI is InChI=1S/C17H26N2O2/c1-7-19-12-10-11(14(18)16(2,3)4)8-9-13(12)21-17(5,6)15(19)20/h8-10,14H,7,18H2,1-6H3. The molecule has 0 fully saturated rings. The third-order valence-electron chi connectivity index (χ3n) is 4.01. The van der Waals surface area contributed by atoms with Crippen LogP contribution in [0.1, 0.15) is 53.1 Å². The fraction of sp³-hybridized carbons (Fsp3) is 0.588. The summed E-state index contributed by atoms with van der Waals surface area (Å²) in [6.45, 7) is 12.5. The first-order valence-corrected chi connectivity index (χ1v) is 7.48. The van der Waals surface area contributed by atoms with E-state index in [9.17, 15) is 4.79 Å². The van der Waals surface area contributed by atoms with E-state index in [1.165, 1.54) is 0 Å². The molecule has 0 spiro atoms. The lowest BCUT2D eigenvalue weighted by Crippen LogP contribution is -2.52. The summed E-state index contributed by atoms with van der Waals surface area (Å²) in [5.74, 6) is 0.727. The average Bonchev–Trinajstić information content (AvgIpc) is 2.38. The molecule has 1 amide bonds. The summed E-state index contributed by atoms with van der Waals surface area (Å²) in [6, 6.07) is 5.82. The minimum absolute atomic E-state index is 0.0148. The van der Waals surface area contributed by atoms with Crippen LogP contribution in [0.5, 0.6) is 5.75 Å². The highest BCUT2D eigenvalue weighted by molar-refractivity contribution is 6.02. The molecule has 21 heavy (non-hydrogen) atoms. The van der Waals surface area contributed by atoms with Crippen molar-refractivity contribution in [1.82, 2.24) is 0 Å². The number of likely N-dealkylation sites (N-methyl/N-ethyl adjacent to an activating group) is 1. The summed E-state index contributed by atoms with van der Waals surface area (Å²) in [5.41, 5.74) is 7.32. The van der Waals surface area contributed by atoms with Gasteiger partial charge < -0.3 is 15.4 Å². The molecule has 1 heterocycles. The van der Waals surface area contributed by atoms with Crippen molar-refractivity contribution in [2.45, 2.75) is 53.2 Å². The Morgan fingerprint density at radius 1 is 1.33 bits per heavy atom. The van der Waals surface area contributed by atoms with Crippen LogP contribution in [0.2, 0.25) is 0 Å². The molecule has 1 unspecified atom stereocenters. The number of benzene rings is 1. The minimum atomic E-state index is -0.823. The maximum Gasteiger partial charge on any atom is 0.270 e. The van der Waals surface area contributed by atoms with Crippen LogP contribution < -0.4 is 15.4 Å². The second-order valence-corrected chi connectivity index (χ2v) is 7.23. The molecular weight excluding hydrogens is 264 g/mol. The van der Waals surface area contributed by atoms with Crippen LogP contribution in [0.15, 0.2) is 18.2 Å². The molecule has 1 aromatic rings. The molecule has 0 bridgehead atoms. The lowest BCUT2D eigenvalue weighted by atomic mass is 9.83. The molecule has 2 rings (SSSR count). The predicted molar refractivity (Wildman–Crippen MR) is 85.6 cm³/mol. The summed E-state index contributed by atoms with van der Waals surface area (Å²) >= 11 is 0. The van der Waals surface area contributed by atoms with E-state index < -0.39 is 5.60 Å². The highest BCUT2D eigenvalue weighted by Crippen LogP contribution is 2.41. The van der Waals surface area contributed by atoms with Crippen LogP contribution in [-0.2, 0) is 4.79 Å². The molecule has 0 aliphatic carbocycles. The Kier molecular flexibility index (Phi) is 3.79. The first-order chi connectivity index (χ1) is 9.58. The topological polar surface area (TPSA) is 55.6 Å². The van der Waals surface area contributed by atoms with E-state index in [-0.39, 0.29) is 17.4 Å². The Hall–Kier alpha value is -1.55. The molecule has 1 aliphatic rings. The van der Waals surface area contributed by atoms with Crippen molar-refractivity contribution in [1.29, 1.82) is 0 Å². The van der Waals surface area contributed by atoms with Gasteiger partial charge in [0.15, 0.2) is 5.60 Å². The van der Waals surface area contributed by atoms with Gasteiger partial charge in [-0.15, -0.1) is 0 Å². The van der Waals surface area contributed by atoms with E-state index in [0.29, 0.717) is 6.54 Å². The molecule has 0 aromatic heterocycles. The van der Waals surface area contributed by atoms with Crippen molar-refractivity contribution in [3.05, 3.63) is 23.8 Å². The largest absolute Gasteiger partial charge is 0.476 e. The molecule has 1 aliphatic heterocycles. The second-order valence-electron chi connectivity index (χ2n) is 7.23. The van der Waals surface area contributed by atoms with Gasteiger partial charge in [-0.2, -0.15) is 0 Å². The molecule has 4 heteroatoms. The molecule has 0 radical (unpaired) electrons. The molecular formula is C17H26N2O2. The van der Waals surface area contributed by atoms with E-state index in [2.05, 4.69) is 20.8 Å². The van der Waals surface area contributed by atoms with E-state index >= 15 is 0 Å². The number of fused-ring (bicyclic) bond motifs is 1. The number of carbonyl (C=O) groups is 1. The molecule has 116 valence electrons. The molecule has 0 saturated carbocycles. The fourth-order valence-corrected chi connectivity index (χ4v) is 2.59. The van der Waals surface area contributed by atoms with Gasteiger partial charge in [0, 0.05) is 12.6 Å². The third kappa shape index (κ3) is 2.77. The number of nitrogens with two attached hydrogens (primary N) is 1. The number of anilines is 1. The third-order valence-corrected chi connectivity index (χ3v) is 4.01. The second kappa shape index (κ2) is 5.02. The van der Waals surface area contributed by atoms with Gasteiger partial charge in [0.05, 0.1) is 5.69 Å². The smallest absolute Gasteiger partial charge is 0.270 e. The van der Waals surface area contributed by atoms with Crippen molar-refractivity contribution in [3.63, 3.8) is 0 Å². The number of amides is 1. The van der Waals surface area contributed by atoms with Crippen LogP contribution in [0.25, 0.3) is 0 Å². The van der Waals surface area contributed by atoms with Crippen molar-refractivity contribution in [2.24, 2.45) is 11.1 Å². The van der Waals surface area contributed by atoms with Gasteiger partial charge in [0.25, 0.3) is 5.91 Å². The number of hydrogen-bond donors (Lipinski definition) is 1. The van der Waals surface area contributed by atoms with E-state index in [1.54, 1.807) is 18.7 Å². The van der Waals surface area contributed by atoms with E-state index in [1.807, 2.05) is 25.1 Å². The fourth-order valence-electron chi connectivity index (χ4n) is 2.59. The summed E-state index contributed by atoms with van der Waals surface area (Å²) in [4.78, 5) is 14.3. The van der Waals surface area contributed by atoms with Gasteiger partial charge in [0.2, 0.25) is 0 Å². The van der Waals surface area contributed by atoms with Gasteiger partial charge in [-0.3, -0.25) is 4.79 Å². The minimum Gasteiger partial charge on any atom is -0.476 e. The zero-order valence-corrected chi connectivity index (χ0v) is 13.9. The number of carbonyl (C=O) groups excluding carboxylic acids is 1. The lowest BCUT2D eigenvalue weighted by molar-refractivity contribution is -0.132. The number of ether oxygens (including phenoxy) is 1. The highest BCUT2D eigenvalue weighted by atomic mass is 16.5. The van der Waals surface area contributed by atoms with Crippen molar-refractivity contribution < 1.29 is 9.53 Å². The quantitative estimate of drug-likeness (QED) is 0.909. The average molecular weight is 290 g/mol.